The van der Waals surface area contributed by atoms with Crippen LogP contribution in [0.4, 0.5) is 4.39 Å². The van der Waals surface area contributed by atoms with Crippen molar-refractivity contribution in [3.63, 3.8) is 0 Å². The summed E-state index contributed by atoms with van der Waals surface area (Å²) in [4.78, 5) is 23.7. The zero-order valence-corrected chi connectivity index (χ0v) is 16.8. The number of halogens is 1. The number of pyridine rings is 1. The number of ether oxygens (including phenoxy) is 2. The Hall–Kier alpha value is -1.54. The molecule has 1 aliphatic heterocycles. The molecule has 1 fully saturated rings. The number of alkyl halides is 1. The van der Waals surface area contributed by atoms with E-state index >= 15 is 0 Å². The summed E-state index contributed by atoms with van der Waals surface area (Å²) in [5, 5.41) is 12.2. The van der Waals surface area contributed by atoms with E-state index < -0.39 is 29.6 Å². The summed E-state index contributed by atoms with van der Waals surface area (Å²) in [6.07, 6.45) is -0.483. The van der Waals surface area contributed by atoms with Crippen LogP contribution in [-0.4, -0.2) is 46.2 Å². The first-order chi connectivity index (χ1) is 12.6. The quantitative estimate of drug-likeness (QED) is 0.389. The topological polar surface area (TPSA) is 99.0 Å². The van der Waals surface area contributed by atoms with Crippen molar-refractivity contribution in [1.29, 1.82) is 0 Å². The number of carbonyl (C=O) groups excluding carboxylic acids is 1. The maximum absolute atomic E-state index is 14.9. The number of nitrogens with one attached hydrogen (secondary N) is 1. The Morgan fingerprint density at radius 3 is 2.89 bits per heavy atom. The van der Waals surface area contributed by atoms with Crippen LogP contribution in [0.5, 0.6) is 5.75 Å². The van der Waals surface area contributed by atoms with Crippen LogP contribution in [-0.2, 0) is 18.8 Å². The molecule has 5 atom stereocenters. The number of nitrogens with zero attached hydrogens (tertiary/aromatic N) is 1. The van der Waals surface area contributed by atoms with Gasteiger partial charge in [-0.2, -0.15) is 0 Å². The Bertz CT molecular complexity index is 711. The van der Waals surface area contributed by atoms with Crippen molar-refractivity contribution >= 4 is 14.9 Å². The van der Waals surface area contributed by atoms with Gasteiger partial charge in [0.1, 0.15) is 11.8 Å². The van der Waals surface area contributed by atoms with Crippen molar-refractivity contribution in [2.24, 2.45) is 0 Å². The molecule has 1 saturated heterocycles. The van der Waals surface area contributed by atoms with Crippen molar-refractivity contribution in [3.05, 3.63) is 28.7 Å². The van der Waals surface area contributed by atoms with E-state index in [0.29, 0.717) is 0 Å². The molecule has 2 N–H and O–H groups in total. The van der Waals surface area contributed by atoms with E-state index in [1.807, 2.05) is 0 Å². The van der Waals surface area contributed by atoms with E-state index in [-0.39, 0.29) is 39.8 Å². The third-order valence-corrected chi connectivity index (χ3v) is 4.83. The third kappa shape index (κ3) is 5.97. The molecule has 0 aliphatic carbocycles. The molecule has 10 heteroatoms. The van der Waals surface area contributed by atoms with Crippen molar-refractivity contribution < 1.29 is 28.3 Å². The summed E-state index contributed by atoms with van der Waals surface area (Å²) in [7, 11) is -0.190. The van der Waals surface area contributed by atoms with Crippen LogP contribution in [0.15, 0.2) is 23.1 Å². The highest BCUT2D eigenvalue weighted by molar-refractivity contribution is 7.29. The summed E-state index contributed by atoms with van der Waals surface area (Å²) in [6.45, 7) is 6.68. The van der Waals surface area contributed by atoms with Crippen LogP contribution in [0.25, 0.3) is 0 Å². The predicted octanol–water partition coefficient (Wildman–Crippen LogP) is 2.02. The summed E-state index contributed by atoms with van der Waals surface area (Å²) in [5.74, 6) is -0.562. The van der Waals surface area contributed by atoms with Gasteiger partial charge in [0.05, 0.1) is 27.8 Å². The maximum atomic E-state index is 14.9. The summed E-state index contributed by atoms with van der Waals surface area (Å²) in [6, 6.07) is 1.78. The number of hydrogen-bond acceptors (Lipinski definition) is 7. The minimum atomic E-state index is -1.76. The highest BCUT2D eigenvalue weighted by atomic mass is 31.1. The van der Waals surface area contributed by atoms with Crippen LogP contribution < -0.4 is 10.6 Å². The molecule has 0 bridgehead atoms. The Morgan fingerprint density at radius 2 is 2.26 bits per heavy atom. The van der Waals surface area contributed by atoms with Crippen molar-refractivity contribution in [1.82, 2.24) is 9.65 Å². The summed E-state index contributed by atoms with van der Waals surface area (Å²) >= 11 is 0. The van der Waals surface area contributed by atoms with Crippen LogP contribution in [0.1, 0.15) is 40.3 Å². The molecule has 0 amide bonds. The minimum Gasteiger partial charge on any atom is -0.508 e. The molecule has 1 aromatic heterocycles. The monoisotopic (exact) mass is 404 g/mol. The average Bonchev–Trinajstić information content (AvgIpc) is 2.85. The fourth-order valence-corrected chi connectivity index (χ4v) is 3.35. The number of hydrogen-bond donors (Lipinski definition) is 2. The lowest BCUT2D eigenvalue weighted by Crippen LogP contribution is -2.34. The van der Waals surface area contributed by atoms with Crippen LogP contribution in [0.3, 0.4) is 0 Å². The number of aromatic nitrogens is 1. The maximum Gasteiger partial charge on any atom is 0.323 e. The van der Waals surface area contributed by atoms with E-state index in [4.69, 9.17) is 14.0 Å². The van der Waals surface area contributed by atoms with Gasteiger partial charge in [-0.15, -0.1) is 0 Å². The van der Waals surface area contributed by atoms with Gasteiger partial charge in [-0.25, -0.2) is 4.39 Å². The molecule has 5 unspecified atom stereocenters. The second-order valence-electron chi connectivity index (χ2n) is 6.99. The molecule has 0 saturated carbocycles. The van der Waals surface area contributed by atoms with E-state index in [9.17, 15) is 19.1 Å². The fourth-order valence-electron chi connectivity index (χ4n) is 2.70. The first-order valence-corrected chi connectivity index (χ1v) is 9.59. The SMILES string of the molecule is CC(C)OC(=O)C(C)NPOCC1CC(C)(F)C(n2ccc(O)cc2=O)O1. The van der Waals surface area contributed by atoms with Gasteiger partial charge in [0.15, 0.2) is 11.9 Å². The van der Waals surface area contributed by atoms with Crippen molar-refractivity contribution in [2.75, 3.05) is 6.61 Å². The smallest absolute Gasteiger partial charge is 0.323 e. The van der Waals surface area contributed by atoms with E-state index in [0.717, 1.165) is 10.6 Å². The Balaban J connectivity index is 1.84. The zero-order valence-electron chi connectivity index (χ0n) is 15.8. The average molecular weight is 404 g/mol. The molecule has 2 rings (SSSR count). The molecule has 2 heterocycles. The second kappa shape index (κ2) is 9.10. The number of carbonyl (C=O) groups is 1. The number of esters is 1. The summed E-state index contributed by atoms with van der Waals surface area (Å²) < 4.78 is 32.2. The van der Waals surface area contributed by atoms with Gasteiger partial charge in [0.25, 0.3) is 5.56 Å². The lowest BCUT2D eigenvalue weighted by molar-refractivity contribution is -0.148. The van der Waals surface area contributed by atoms with Gasteiger partial charge in [0.2, 0.25) is 0 Å². The zero-order chi connectivity index (χ0) is 20.2. The molecule has 8 nitrogen and oxygen atoms in total. The molecular formula is C17H26FN2O6P. The molecule has 0 radical (unpaired) electrons. The lowest BCUT2D eigenvalue weighted by Gasteiger charge is -2.23. The van der Waals surface area contributed by atoms with E-state index in [2.05, 4.69) is 5.09 Å². The Labute approximate surface area is 158 Å². The largest absolute Gasteiger partial charge is 0.508 e. The van der Waals surface area contributed by atoms with Gasteiger partial charge in [-0.05, 0) is 33.8 Å². The molecule has 0 aromatic carbocycles. The predicted molar refractivity (Wildman–Crippen MR) is 98.5 cm³/mol. The van der Waals surface area contributed by atoms with Crippen LogP contribution >= 0.6 is 8.96 Å². The molecule has 152 valence electrons. The number of aromatic hydroxyl groups is 1. The molecule has 1 aromatic rings. The van der Waals surface area contributed by atoms with Crippen molar-refractivity contribution in [3.8, 4) is 5.75 Å². The van der Waals surface area contributed by atoms with Gasteiger partial charge in [-0.1, -0.05) is 0 Å². The first-order valence-electron chi connectivity index (χ1n) is 8.68. The second-order valence-corrected chi connectivity index (χ2v) is 7.77. The van der Waals surface area contributed by atoms with Gasteiger partial charge < -0.3 is 19.1 Å². The Morgan fingerprint density at radius 1 is 1.56 bits per heavy atom. The van der Waals surface area contributed by atoms with E-state index in [1.54, 1.807) is 20.8 Å². The van der Waals surface area contributed by atoms with Gasteiger partial charge >= 0.3 is 5.97 Å². The number of rotatable bonds is 8. The highest BCUT2D eigenvalue weighted by Gasteiger charge is 2.47. The van der Waals surface area contributed by atoms with Crippen molar-refractivity contribution in [2.45, 2.75) is 64.3 Å². The molecule has 27 heavy (non-hydrogen) atoms. The van der Waals surface area contributed by atoms with Gasteiger partial charge in [-0.3, -0.25) is 19.2 Å². The standard InChI is InChI=1S/C17H26FN2O6P/c1-10(2)25-15(23)11(3)19-27-24-9-13-8-17(4,18)16(26-13)20-6-5-12(21)7-14(20)22/h5-7,10-11,13,16,19,21,27H,8-9H2,1-4H3. The minimum absolute atomic E-state index is 0.0560. The van der Waals surface area contributed by atoms with E-state index in [1.165, 1.54) is 19.2 Å². The highest BCUT2D eigenvalue weighted by Crippen LogP contribution is 2.40. The fraction of sp³-hybridized carbons (Fsp3) is 0.647. The summed E-state index contributed by atoms with van der Waals surface area (Å²) in [5.41, 5.74) is -2.31. The Kier molecular flexibility index (Phi) is 7.33. The lowest BCUT2D eigenvalue weighted by atomic mass is 10.0. The third-order valence-electron chi connectivity index (χ3n) is 3.97. The molecule has 0 spiro atoms. The molecular weight excluding hydrogens is 378 g/mol. The normalized spacial score (nSPS) is 26.7. The van der Waals surface area contributed by atoms with Crippen LogP contribution in [0, 0.1) is 0 Å². The van der Waals surface area contributed by atoms with Crippen LogP contribution in [0.2, 0.25) is 0 Å². The first kappa shape index (κ1) is 21.8. The van der Waals surface area contributed by atoms with Gasteiger partial charge in [0, 0.05) is 18.7 Å². The molecule has 1 aliphatic rings.